The molecule has 4 aromatic rings. The third-order valence-corrected chi connectivity index (χ3v) is 5.20. The summed E-state index contributed by atoms with van der Waals surface area (Å²) in [6.45, 7) is 2.05. The second-order valence-electron chi connectivity index (χ2n) is 5.83. The van der Waals surface area contributed by atoms with Crippen LogP contribution >= 0.6 is 0 Å². The minimum Gasteiger partial charge on any atom is -0.337 e. The van der Waals surface area contributed by atoms with Crippen LogP contribution in [-0.2, 0) is 23.7 Å². The number of nitrogens with zero attached hydrogens (tertiary/aromatic N) is 7. The van der Waals surface area contributed by atoms with E-state index in [0.717, 1.165) is 11.0 Å². The molecule has 3 heterocycles. The molecule has 0 radical (unpaired) electrons. The van der Waals surface area contributed by atoms with Gasteiger partial charge in [-0.2, -0.15) is 13.5 Å². The molecule has 26 heavy (non-hydrogen) atoms. The largest absolute Gasteiger partial charge is 0.337 e. The van der Waals surface area contributed by atoms with Crippen molar-refractivity contribution in [1.29, 1.82) is 0 Å². The molecule has 0 unspecified atom stereocenters. The topological polar surface area (TPSA) is 113 Å². The molecule has 0 bridgehead atoms. The van der Waals surface area contributed by atoms with E-state index in [9.17, 15) is 8.42 Å². The quantitative estimate of drug-likeness (QED) is 0.559. The van der Waals surface area contributed by atoms with Gasteiger partial charge >= 0.3 is 0 Å². The van der Waals surface area contributed by atoms with E-state index in [2.05, 4.69) is 25.1 Å². The van der Waals surface area contributed by atoms with Crippen molar-refractivity contribution in [2.75, 3.05) is 4.72 Å². The zero-order valence-electron chi connectivity index (χ0n) is 14.1. The first-order valence-corrected chi connectivity index (χ1v) is 9.24. The van der Waals surface area contributed by atoms with Gasteiger partial charge in [0.25, 0.3) is 10.0 Å². The Morgan fingerprint density at radius 1 is 1.19 bits per heavy atom. The lowest BCUT2D eigenvalue weighted by atomic mass is 10.3. The van der Waals surface area contributed by atoms with Crippen LogP contribution in [0.15, 0.2) is 47.9 Å². The molecule has 4 rings (SSSR count). The van der Waals surface area contributed by atoms with Gasteiger partial charge in [-0.1, -0.05) is 17.3 Å². The molecule has 11 heteroatoms. The van der Waals surface area contributed by atoms with Gasteiger partial charge in [0.1, 0.15) is 18.0 Å². The van der Waals surface area contributed by atoms with Gasteiger partial charge in [0.05, 0.1) is 23.6 Å². The molecule has 0 amide bonds. The molecule has 3 aromatic heterocycles. The number of nitrogens with one attached hydrogen (secondary N) is 1. The molecule has 10 nitrogen and oxygen atoms in total. The van der Waals surface area contributed by atoms with E-state index in [-0.39, 0.29) is 5.03 Å². The standard InChI is InChI=1S/C15H16N8O2S/c1-11-17-15(9-21(11)2)26(24,25)19-12-7-16-22(8-12)10-23-14-6-4-3-5-13(14)18-20-23/h3-9,19H,10H2,1-2H3. The van der Waals surface area contributed by atoms with Gasteiger partial charge in [-0.05, 0) is 19.1 Å². The number of imidazole rings is 1. The normalized spacial score (nSPS) is 11.9. The summed E-state index contributed by atoms with van der Waals surface area (Å²) < 4.78 is 32.2. The second-order valence-corrected chi connectivity index (χ2v) is 7.46. The number of para-hydroxylation sites is 1. The van der Waals surface area contributed by atoms with Crippen molar-refractivity contribution in [2.45, 2.75) is 18.6 Å². The Hall–Kier alpha value is -3.21. The van der Waals surface area contributed by atoms with Crippen LogP contribution in [0.2, 0.25) is 0 Å². The smallest absolute Gasteiger partial charge is 0.281 e. The van der Waals surface area contributed by atoms with Crippen LogP contribution in [0.5, 0.6) is 0 Å². The first-order valence-electron chi connectivity index (χ1n) is 7.76. The highest BCUT2D eigenvalue weighted by molar-refractivity contribution is 7.92. The van der Waals surface area contributed by atoms with Crippen molar-refractivity contribution in [3.05, 3.63) is 48.7 Å². The molecule has 0 atom stereocenters. The number of fused-ring (bicyclic) bond motifs is 1. The highest BCUT2D eigenvalue weighted by Crippen LogP contribution is 2.15. The molecule has 0 aliphatic rings. The number of aryl methyl sites for hydroxylation is 2. The summed E-state index contributed by atoms with van der Waals surface area (Å²) in [4.78, 5) is 4.04. The Kier molecular flexibility index (Phi) is 3.72. The van der Waals surface area contributed by atoms with Crippen LogP contribution in [0.3, 0.4) is 0 Å². The van der Waals surface area contributed by atoms with Gasteiger partial charge in [0, 0.05) is 13.2 Å². The Morgan fingerprint density at radius 3 is 2.77 bits per heavy atom. The number of anilines is 1. The first-order chi connectivity index (χ1) is 12.4. The zero-order chi connectivity index (χ0) is 18.3. The molecule has 0 aliphatic carbocycles. The lowest BCUT2D eigenvalue weighted by Crippen LogP contribution is -2.13. The van der Waals surface area contributed by atoms with Crippen LogP contribution in [-0.4, -0.2) is 42.7 Å². The summed E-state index contributed by atoms with van der Waals surface area (Å²) in [5.41, 5.74) is 2.00. The summed E-state index contributed by atoms with van der Waals surface area (Å²) in [5.74, 6) is 0.610. The van der Waals surface area contributed by atoms with E-state index >= 15 is 0 Å². The lowest BCUT2D eigenvalue weighted by molar-refractivity contribution is 0.502. The first kappa shape index (κ1) is 16.3. The highest BCUT2D eigenvalue weighted by atomic mass is 32.2. The van der Waals surface area contributed by atoms with Gasteiger partial charge in [-0.25, -0.2) is 14.3 Å². The number of hydrogen-bond acceptors (Lipinski definition) is 6. The minimum atomic E-state index is -3.77. The second kappa shape index (κ2) is 5.95. The van der Waals surface area contributed by atoms with Crippen molar-refractivity contribution in [3.8, 4) is 0 Å². The third kappa shape index (κ3) is 2.92. The minimum absolute atomic E-state index is 0.0347. The Labute approximate surface area is 149 Å². The molecule has 134 valence electrons. The van der Waals surface area contributed by atoms with Crippen LogP contribution < -0.4 is 4.72 Å². The van der Waals surface area contributed by atoms with E-state index in [0.29, 0.717) is 18.2 Å². The van der Waals surface area contributed by atoms with E-state index in [4.69, 9.17) is 0 Å². The van der Waals surface area contributed by atoms with Crippen molar-refractivity contribution < 1.29 is 8.42 Å². The Bertz CT molecular complexity index is 1170. The van der Waals surface area contributed by atoms with Crippen molar-refractivity contribution in [1.82, 2.24) is 34.3 Å². The van der Waals surface area contributed by atoms with E-state index in [1.165, 1.54) is 12.4 Å². The van der Waals surface area contributed by atoms with E-state index < -0.39 is 10.0 Å². The van der Waals surface area contributed by atoms with Gasteiger partial charge in [-0.3, -0.25) is 4.72 Å². The number of hydrogen-bond donors (Lipinski definition) is 1. The summed E-state index contributed by atoms with van der Waals surface area (Å²) in [7, 11) is -2.03. The molecule has 0 aliphatic heterocycles. The number of benzene rings is 1. The Morgan fingerprint density at radius 2 is 2.00 bits per heavy atom. The predicted octanol–water partition coefficient (Wildman–Crippen LogP) is 0.976. The number of aromatic nitrogens is 7. The van der Waals surface area contributed by atoms with Crippen LogP contribution in [0.25, 0.3) is 11.0 Å². The summed E-state index contributed by atoms with van der Waals surface area (Å²) in [5, 5.41) is 12.3. The fraction of sp³-hybridized carbons (Fsp3) is 0.200. The Balaban J connectivity index is 1.54. The fourth-order valence-corrected chi connectivity index (χ4v) is 3.59. The molecular formula is C15H16N8O2S. The SMILES string of the molecule is Cc1nc(S(=O)(=O)Nc2cnn(Cn3nnc4ccccc43)c2)cn1C. The highest BCUT2D eigenvalue weighted by Gasteiger charge is 2.19. The fourth-order valence-electron chi connectivity index (χ4n) is 2.52. The number of rotatable bonds is 5. The van der Waals surface area contributed by atoms with Gasteiger partial charge in [0.2, 0.25) is 0 Å². The average Bonchev–Trinajstić information content (AvgIpc) is 3.29. The third-order valence-electron chi connectivity index (χ3n) is 3.95. The lowest BCUT2D eigenvalue weighted by Gasteiger charge is -2.03. The molecule has 0 fully saturated rings. The van der Waals surface area contributed by atoms with E-state index in [1.807, 2.05) is 24.3 Å². The molecule has 1 N–H and O–H groups in total. The van der Waals surface area contributed by atoms with Crippen molar-refractivity contribution in [3.63, 3.8) is 0 Å². The predicted molar refractivity (Wildman–Crippen MR) is 93.9 cm³/mol. The summed E-state index contributed by atoms with van der Waals surface area (Å²) in [6, 6.07) is 7.57. The van der Waals surface area contributed by atoms with Crippen LogP contribution in [0.4, 0.5) is 5.69 Å². The zero-order valence-corrected chi connectivity index (χ0v) is 14.9. The molecule has 1 aromatic carbocycles. The van der Waals surface area contributed by atoms with Crippen molar-refractivity contribution in [2.24, 2.45) is 7.05 Å². The maximum Gasteiger partial charge on any atom is 0.281 e. The maximum atomic E-state index is 12.4. The monoisotopic (exact) mass is 372 g/mol. The molecule has 0 saturated heterocycles. The van der Waals surface area contributed by atoms with Crippen molar-refractivity contribution >= 4 is 26.7 Å². The van der Waals surface area contributed by atoms with Crippen LogP contribution in [0.1, 0.15) is 5.82 Å². The average molecular weight is 372 g/mol. The molecule has 0 saturated carbocycles. The molecular weight excluding hydrogens is 356 g/mol. The summed E-state index contributed by atoms with van der Waals surface area (Å²) in [6.07, 6.45) is 4.49. The van der Waals surface area contributed by atoms with Gasteiger partial charge < -0.3 is 4.57 Å². The maximum absolute atomic E-state index is 12.4. The van der Waals surface area contributed by atoms with Gasteiger partial charge in [0.15, 0.2) is 5.03 Å². The van der Waals surface area contributed by atoms with Gasteiger partial charge in [-0.15, -0.1) is 5.10 Å². The van der Waals surface area contributed by atoms with E-state index in [1.54, 1.807) is 34.1 Å². The molecule has 0 spiro atoms. The number of sulfonamides is 1. The van der Waals surface area contributed by atoms with Crippen LogP contribution in [0, 0.1) is 6.92 Å². The summed E-state index contributed by atoms with van der Waals surface area (Å²) >= 11 is 0.